The van der Waals surface area contributed by atoms with E-state index in [1.807, 2.05) is 82.6 Å². The summed E-state index contributed by atoms with van der Waals surface area (Å²) in [4.78, 5) is 30.2. The van der Waals surface area contributed by atoms with Gasteiger partial charge in [0.25, 0.3) is 0 Å². The Labute approximate surface area is 208 Å². The van der Waals surface area contributed by atoms with Gasteiger partial charge in [0.15, 0.2) is 0 Å². The van der Waals surface area contributed by atoms with Crippen LogP contribution in [0.4, 0.5) is 0 Å². The van der Waals surface area contributed by atoms with E-state index in [9.17, 15) is 9.59 Å². The molecular formula is C27H28ClN5O2. The quantitative estimate of drug-likeness (QED) is 0.412. The van der Waals surface area contributed by atoms with Gasteiger partial charge in [0.05, 0.1) is 23.3 Å². The van der Waals surface area contributed by atoms with Gasteiger partial charge in [-0.3, -0.25) is 14.0 Å². The summed E-state index contributed by atoms with van der Waals surface area (Å²) in [6.45, 7) is 5.76. The van der Waals surface area contributed by atoms with Gasteiger partial charge in [-0.15, -0.1) is 0 Å². The first-order valence-corrected chi connectivity index (χ1v) is 12.2. The Morgan fingerprint density at radius 1 is 1.11 bits per heavy atom. The third kappa shape index (κ3) is 4.56. The summed E-state index contributed by atoms with van der Waals surface area (Å²) in [5.41, 5.74) is 5.49. The number of amides is 1. The Balaban J connectivity index is 1.25. The van der Waals surface area contributed by atoms with Crippen molar-refractivity contribution in [3.8, 4) is 0 Å². The van der Waals surface area contributed by atoms with Crippen molar-refractivity contribution in [3.05, 3.63) is 92.6 Å². The second kappa shape index (κ2) is 9.58. The molecule has 5 rings (SSSR count). The van der Waals surface area contributed by atoms with E-state index in [2.05, 4.69) is 10.1 Å². The van der Waals surface area contributed by atoms with E-state index in [1.54, 1.807) is 6.08 Å². The molecule has 35 heavy (non-hydrogen) atoms. The number of halogens is 1. The lowest BCUT2D eigenvalue weighted by molar-refractivity contribution is -0.127. The number of benzene rings is 2. The normalized spacial score (nSPS) is 14.9. The largest absolute Gasteiger partial charge is 0.339 e. The third-order valence-corrected chi connectivity index (χ3v) is 7.24. The molecule has 0 saturated carbocycles. The van der Waals surface area contributed by atoms with E-state index in [4.69, 9.17) is 11.6 Å². The average Bonchev–Trinajstić information content (AvgIpc) is 3.33. The number of piperidine rings is 1. The van der Waals surface area contributed by atoms with Crippen LogP contribution in [0.25, 0.3) is 17.1 Å². The van der Waals surface area contributed by atoms with Gasteiger partial charge in [-0.05, 0) is 56.5 Å². The Morgan fingerprint density at radius 3 is 2.60 bits per heavy atom. The number of aryl methyl sites for hydroxylation is 1. The smallest absolute Gasteiger partial charge is 0.326 e. The van der Waals surface area contributed by atoms with Crippen molar-refractivity contribution in [2.24, 2.45) is 0 Å². The lowest BCUT2D eigenvalue weighted by Gasteiger charge is -2.32. The highest BCUT2D eigenvalue weighted by Gasteiger charge is 2.25. The SMILES string of the molecule is Cc1nn(Cc2ccccc2Cl)c(C)c1C=CC(=O)N1CCC(n2c(=O)[nH]c3ccccc32)CC1. The molecule has 0 aliphatic carbocycles. The maximum atomic E-state index is 12.9. The van der Waals surface area contributed by atoms with Crippen LogP contribution in [0.3, 0.4) is 0 Å². The minimum Gasteiger partial charge on any atom is -0.339 e. The molecule has 1 aliphatic heterocycles. The van der Waals surface area contributed by atoms with Crippen LogP contribution in [0.15, 0.2) is 59.4 Å². The lowest BCUT2D eigenvalue weighted by atomic mass is 10.0. The molecule has 2 aromatic heterocycles. The molecule has 1 fully saturated rings. The molecule has 0 spiro atoms. The minimum absolute atomic E-state index is 0.0209. The number of aromatic nitrogens is 4. The molecule has 4 aromatic rings. The predicted molar refractivity (Wildman–Crippen MR) is 139 cm³/mol. The van der Waals surface area contributed by atoms with Crippen molar-refractivity contribution in [1.29, 1.82) is 0 Å². The van der Waals surface area contributed by atoms with Gasteiger partial charge in [-0.1, -0.05) is 41.9 Å². The van der Waals surface area contributed by atoms with E-state index >= 15 is 0 Å². The van der Waals surface area contributed by atoms with Crippen LogP contribution in [0.5, 0.6) is 0 Å². The van der Waals surface area contributed by atoms with Gasteiger partial charge in [-0.2, -0.15) is 5.10 Å². The number of aromatic amines is 1. The summed E-state index contributed by atoms with van der Waals surface area (Å²) >= 11 is 6.32. The second-order valence-corrected chi connectivity index (χ2v) is 9.45. The molecule has 1 N–H and O–H groups in total. The lowest BCUT2D eigenvalue weighted by Crippen LogP contribution is -2.39. The fourth-order valence-corrected chi connectivity index (χ4v) is 5.13. The molecule has 0 unspecified atom stereocenters. The third-order valence-electron chi connectivity index (χ3n) is 6.87. The fraction of sp³-hybridized carbons (Fsp3) is 0.296. The van der Waals surface area contributed by atoms with Crippen LogP contribution in [0, 0.1) is 13.8 Å². The van der Waals surface area contributed by atoms with Crippen LogP contribution >= 0.6 is 11.6 Å². The van der Waals surface area contributed by atoms with Crippen molar-refractivity contribution in [2.45, 2.75) is 39.3 Å². The summed E-state index contributed by atoms with van der Waals surface area (Å²) in [6, 6.07) is 15.6. The highest BCUT2D eigenvalue weighted by molar-refractivity contribution is 6.31. The number of hydrogen-bond acceptors (Lipinski definition) is 3. The van der Waals surface area contributed by atoms with E-state index in [1.165, 1.54) is 0 Å². The van der Waals surface area contributed by atoms with E-state index in [-0.39, 0.29) is 17.6 Å². The van der Waals surface area contributed by atoms with Crippen molar-refractivity contribution in [2.75, 3.05) is 13.1 Å². The number of H-pyrrole nitrogens is 1. The Hall–Kier alpha value is -3.58. The fourth-order valence-electron chi connectivity index (χ4n) is 4.94. The maximum Gasteiger partial charge on any atom is 0.326 e. The van der Waals surface area contributed by atoms with Gasteiger partial charge in [0, 0.05) is 41.5 Å². The molecule has 1 amide bonds. The molecule has 1 aliphatic rings. The summed E-state index contributed by atoms with van der Waals surface area (Å²) < 4.78 is 3.76. The summed E-state index contributed by atoms with van der Waals surface area (Å²) in [5.74, 6) is -0.0209. The molecule has 1 saturated heterocycles. The maximum absolute atomic E-state index is 12.9. The minimum atomic E-state index is -0.0874. The van der Waals surface area contributed by atoms with Gasteiger partial charge in [-0.25, -0.2) is 4.79 Å². The number of fused-ring (bicyclic) bond motifs is 1. The van der Waals surface area contributed by atoms with Gasteiger partial charge in [0.2, 0.25) is 5.91 Å². The van der Waals surface area contributed by atoms with Gasteiger partial charge < -0.3 is 9.88 Å². The van der Waals surface area contributed by atoms with E-state index in [0.29, 0.717) is 24.7 Å². The predicted octanol–water partition coefficient (Wildman–Crippen LogP) is 4.72. The van der Waals surface area contributed by atoms with Gasteiger partial charge >= 0.3 is 5.69 Å². The molecular weight excluding hydrogens is 462 g/mol. The van der Waals surface area contributed by atoms with Crippen LogP contribution in [0.2, 0.25) is 5.02 Å². The molecule has 8 heteroatoms. The summed E-state index contributed by atoms with van der Waals surface area (Å²) in [7, 11) is 0. The molecule has 3 heterocycles. The first-order valence-electron chi connectivity index (χ1n) is 11.9. The Bertz CT molecular complexity index is 1470. The number of rotatable bonds is 5. The molecule has 2 aromatic carbocycles. The van der Waals surface area contributed by atoms with Crippen molar-refractivity contribution in [3.63, 3.8) is 0 Å². The summed E-state index contributed by atoms with van der Waals surface area (Å²) in [5, 5.41) is 5.37. The first kappa shape index (κ1) is 23.2. The van der Waals surface area contributed by atoms with Crippen LogP contribution in [0.1, 0.15) is 41.4 Å². The van der Waals surface area contributed by atoms with E-state index < -0.39 is 0 Å². The van der Waals surface area contributed by atoms with Crippen LogP contribution in [-0.2, 0) is 11.3 Å². The number of carbonyl (C=O) groups excluding carboxylic acids is 1. The first-order chi connectivity index (χ1) is 16.9. The van der Waals surface area contributed by atoms with E-state index in [0.717, 1.165) is 46.4 Å². The molecule has 0 radical (unpaired) electrons. The number of nitrogens with one attached hydrogen (secondary N) is 1. The molecule has 0 atom stereocenters. The summed E-state index contributed by atoms with van der Waals surface area (Å²) in [6.07, 6.45) is 4.98. The van der Waals surface area contributed by atoms with Gasteiger partial charge in [0.1, 0.15) is 0 Å². The standard InChI is InChI=1S/C27H28ClN5O2/c1-18-22(19(2)32(30-18)17-20-7-3-4-8-23(20)28)11-12-26(34)31-15-13-21(14-16-31)33-25-10-6-5-9-24(25)29-27(33)35/h3-12,21H,13-17H2,1-2H3,(H,29,35). The second-order valence-electron chi connectivity index (χ2n) is 9.04. The molecule has 0 bridgehead atoms. The van der Waals surface area contributed by atoms with Crippen LogP contribution in [-0.4, -0.2) is 43.2 Å². The highest BCUT2D eigenvalue weighted by Crippen LogP contribution is 2.25. The Morgan fingerprint density at radius 2 is 1.83 bits per heavy atom. The molecule has 180 valence electrons. The van der Waals surface area contributed by atoms with Crippen molar-refractivity contribution < 1.29 is 4.79 Å². The number of hydrogen-bond donors (Lipinski definition) is 1. The number of carbonyl (C=O) groups is 1. The zero-order valence-corrected chi connectivity index (χ0v) is 20.6. The number of nitrogens with zero attached hydrogens (tertiary/aromatic N) is 4. The monoisotopic (exact) mass is 489 g/mol. The number of imidazole rings is 1. The zero-order valence-electron chi connectivity index (χ0n) is 19.9. The number of para-hydroxylation sites is 2. The highest BCUT2D eigenvalue weighted by atomic mass is 35.5. The van der Waals surface area contributed by atoms with Crippen LogP contribution < -0.4 is 5.69 Å². The number of likely N-dealkylation sites (tertiary alicyclic amines) is 1. The van der Waals surface area contributed by atoms with Crippen molar-refractivity contribution in [1.82, 2.24) is 24.2 Å². The zero-order chi connectivity index (χ0) is 24.5. The van der Waals surface area contributed by atoms with Crippen molar-refractivity contribution >= 4 is 34.6 Å². The average molecular weight is 490 g/mol. The topological polar surface area (TPSA) is 75.9 Å². The molecule has 7 nitrogen and oxygen atoms in total. The Kier molecular flexibility index (Phi) is 6.34.